The lowest BCUT2D eigenvalue weighted by Gasteiger charge is -2.36. The maximum absolute atomic E-state index is 12.7. The molecule has 0 aromatic heterocycles. The summed E-state index contributed by atoms with van der Waals surface area (Å²) in [6.07, 6.45) is 2.08. The molecule has 3 rings (SSSR count). The van der Waals surface area contributed by atoms with E-state index in [0.29, 0.717) is 36.9 Å². The number of hydrogen-bond acceptors (Lipinski definition) is 6. The summed E-state index contributed by atoms with van der Waals surface area (Å²) in [5, 5.41) is 14.5. The van der Waals surface area contributed by atoms with Crippen molar-refractivity contribution >= 4 is 17.3 Å². The summed E-state index contributed by atoms with van der Waals surface area (Å²) >= 11 is 0. The van der Waals surface area contributed by atoms with Crippen LogP contribution in [0.5, 0.6) is 0 Å². The van der Waals surface area contributed by atoms with Crippen molar-refractivity contribution < 1.29 is 14.5 Å². The van der Waals surface area contributed by atoms with Crippen LogP contribution in [0.25, 0.3) is 0 Å². The second kappa shape index (κ2) is 9.34. The molecule has 8 heteroatoms. The summed E-state index contributed by atoms with van der Waals surface area (Å²) in [6, 6.07) is 5.02. The lowest BCUT2D eigenvalue weighted by molar-refractivity contribution is -0.384. The quantitative estimate of drug-likeness (QED) is 0.568. The third kappa shape index (κ3) is 4.80. The molecule has 1 atom stereocenters. The van der Waals surface area contributed by atoms with Crippen LogP contribution in [0.3, 0.4) is 0 Å². The zero-order valence-electron chi connectivity index (χ0n) is 16.7. The van der Waals surface area contributed by atoms with Crippen LogP contribution in [0, 0.1) is 16.0 Å². The van der Waals surface area contributed by atoms with E-state index >= 15 is 0 Å². The zero-order chi connectivity index (χ0) is 20.1. The molecule has 0 spiro atoms. The lowest BCUT2D eigenvalue weighted by atomic mass is 10.0. The number of benzene rings is 1. The van der Waals surface area contributed by atoms with Crippen molar-refractivity contribution in [3.05, 3.63) is 33.9 Å². The van der Waals surface area contributed by atoms with Gasteiger partial charge in [0, 0.05) is 50.4 Å². The third-order valence-electron chi connectivity index (χ3n) is 5.64. The first-order chi connectivity index (χ1) is 13.5. The average Bonchev–Trinajstić information content (AvgIpc) is 3.22. The number of nitrogens with one attached hydrogen (secondary N) is 1. The van der Waals surface area contributed by atoms with Crippen LogP contribution >= 0.6 is 0 Å². The van der Waals surface area contributed by atoms with E-state index in [1.54, 1.807) is 12.1 Å². The molecule has 0 bridgehead atoms. The highest BCUT2D eigenvalue weighted by Gasteiger charge is 2.26. The van der Waals surface area contributed by atoms with Gasteiger partial charge in [-0.15, -0.1) is 0 Å². The van der Waals surface area contributed by atoms with Crippen molar-refractivity contribution in [1.82, 2.24) is 10.2 Å². The number of rotatable bonds is 7. The van der Waals surface area contributed by atoms with Crippen LogP contribution in [0.2, 0.25) is 0 Å². The third-order valence-corrected chi connectivity index (χ3v) is 5.64. The molecule has 28 heavy (non-hydrogen) atoms. The Morgan fingerprint density at radius 1 is 1.21 bits per heavy atom. The van der Waals surface area contributed by atoms with Gasteiger partial charge in [0.2, 0.25) is 0 Å². The average molecular weight is 390 g/mol. The van der Waals surface area contributed by atoms with Gasteiger partial charge in [-0.05, 0) is 30.9 Å². The van der Waals surface area contributed by atoms with E-state index in [9.17, 15) is 14.9 Å². The van der Waals surface area contributed by atoms with Gasteiger partial charge < -0.3 is 15.0 Å². The van der Waals surface area contributed by atoms with Gasteiger partial charge >= 0.3 is 0 Å². The SMILES string of the molecule is CC(C)C(CNC(=O)c1ccc(N2CCCC2)c([N+](=O)[O-])c1)N1CCOCC1. The van der Waals surface area contributed by atoms with E-state index in [1.165, 1.54) is 6.07 Å². The summed E-state index contributed by atoms with van der Waals surface area (Å²) in [5.74, 6) is 0.111. The molecular formula is C20H30N4O4. The summed E-state index contributed by atoms with van der Waals surface area (Å²) in [4.78, 5) is 28.2. The monoisotopic (exact) mass is 390 g/mol. The van der Waals surface area contributed by atoms with Gasteiger partial charge in [-0.1, -0.05) is 13.8 Å². The minimum atomic E-state index is -0.394. The molecule has 1 N–H and O–H groups in total. The van der Waals surface area contributed by atoms with Crippen molar-refractivity contribution in [2.75, 3.05) is 50.8 Å². The highest BCUT2D eigenvalue weighted by molar-refractivity contribution is 5.95. The van der Waals surface area contributed by atoms with Gasteiger partial charge in [-0.25, -0.2) is 0 Å². The Morgan fingerprint density at radius 3 is 2.50 bits per heavy atom. The van der Waals surface area contributed by atoms with E-state index in [-0.39, 0.29) is 17.6 Å². The summed E-state index contributed by atoms with van der Waals surface area (Å²) in [7, 11) is 0. The number of nitrogens with zero attached hydrogens (tertiary/aromatic N) is 3. The molecule has 0 saturated carbocycles. The largest absolute Gasteiger partial charge is 0.379 e. The second-order valence-corrected chi connectivity index (χ2v) is 7.82. The first-order valence-corrected chi connectivity index (χ1v) is 10.1. The van der Waals surface area contributed by atoms with Crippen molar-refractivity contribution in [1.29, 1.82) is 0 Å². The lowest BCUT2D eigenvalue weighted by Crippen LogP contribution is -2.51. The summed E-state index contributed by atoms with van der Waals surface area (Å²) in [5.41, 5.74) is 0.940. The minimum Gasteiger partial charge on any atom is -0.379 e. The first kappa shape index (κ1) is 20.5. The molecule has 0 radical (unpaired) electrons. The molecule has 1 aromatic rings. The fraction of sp³-hybridized carbons (Fsp3) is 0.650. The van der Waals surface area contributed by atoms with Crippen molar-refractivity contribution in [2.45, 2.75) is 32.7 Å². The molecule has 154 valence electrons. The normalized spacial score (nSPS) is 19.0. The Labute approximate surface area is 166 Å². The molecule has 0 aliphatic carbocycles. The smallest absolute Gasteiger partial charge is 0.293 e. The number of carbonyl (C=O) groups excluding carboxylic acids is 1. The topological polar surface area (TPSA) is 88.0 Å². The van der Waals surface area contributed by atoms with Crippen LogP contribution in [-0.2, 0) is 4.74 Å². The molecule has 1 aromatic carbocycles. The maximum Gasteiger partial charge on any atom is 0.293 e. The molecule has 2 saturated heterocycles. The highest BCUT2D eigenvalue weighted by atomic mass is 16.6. The molecule has 2 fully saturated rings. The number of nitro groups is 1. The number of amides is 1. The fourth-order valence-electron chi connectivity index (χ4n) is 4.03. The zero-order valence-corrected chi connectivity index (χ0v) is 16.7. The number of morpholine rings is 1. The van der Waals surface area contributed by atoms with Crippen molar-refractivity contribution in [3.63, 3.8) is 0 Å². The van der Waals surface area contributed by atoms with Crippen LogP contribution in [0.4, 0.5) is 11.4 Å². The molecule has 2 aliphatic heterocycles. The molecule has 2 aliphatic rings. The number of nitro benzene ring substituents is 1. The molecule has 1 amide bonds. The van der Waals surface area contributed by atoms with Gasteiger partial charge in [-0.3, -0.25) is 19.8 Å². The predicted octanol–water partition coefficient (Wildman–Crippen LogP) is 2.28. The van der Waals surface area contributed by atoms with E-state index in [1.807, 2.05) is 4.90 Å². The highest BCUT2D eigenvalue weighted by Crippen LogP contribution is 2.31. The van der Waals surface area contributed by atoms with Crippen LogP contribution in [-0.4, -0.2) is 67.7 Å². The minimum absolute atomic E-state index is 0.00291. The Kier molecular flexibility index (Phi) is 6.85. The molecule has 2 heterocycles. The van der Waals surface area contributed by atoms with Crippen LogP contribution in [0.1, 0.15) is 37.0 Å². The van der Waals surface area contributed by atoms with Crippen molar-refractivity contribution in [2.24, 2.45) is 5.92 Å². The summed E-state index contributed by atoms with van der Waals surface area (Å²) in [6.45, 7) is 9.57. The van der Waals surface area contributed by atoms with E-state index in [2.05, 4.69) is 24.1 Å². The Morgan fingerprint density at radius 2 is 1.89 bits per heavy atom. The number of ether oxygens (including phenoxy) is 1. The van der Waals surface area contributed by atoms with E-state index in [0.717, 1.165) is 39.0 Å². The Hall–Kier alpha value is -2.19. The van der Waals surface area contributed by atoms with E-state index < -0.39 is 4.92 Å². The van der Waals surface area contributed by atoms with Crippen LogP contribution < -0.4 is 10.2 Å². The second-order valence-electron chi connectivity index (χ2n) is 7.82. The Balaban J connectivity index is 1.69. The van der Waals surface area contributed by atoms with E-state index in [4.69, 9.17) is 4.74 Å². The van der Waals surface area contributed by atoms with Gasteiger partial charge in [0.05, 0.1) is 18.1 Å². The predicted molar refractivity (Wildman–Crippen MR) is 108 cm³/mol. The maximum atomic E-state index is 12.7. The van der Waals surface area contributed by atoms with Crippen LogP contribution in [0.15, 0.2) is 18.2 Å². The Bertz CT molecular complexity index is 697. The molecular weight excluding hydrogens is 360 g/mol. The molecule has 1 unspecified atom stereocenters. The first-order valence-electron chi connectivity index (χ1n) is 10.1. The summed E-state index contributed by atoms with van der Waals surface area (Å²) < 4.78 is 5.42. The number of anilines is 1. The van der Waals surface area contributed by atoms with Gasteiger partial charge in [0.25, 0.3) is 11.6 Å². The van der Waals surface area contributed by atoms with Gasteiger partial charge in [0.1, 0.15) is 5.69 Å². The number of carbonyl (C=O) groups is 1. The molecule has 8 nitrogen and oxygen atoms in total. The fourth-order valence-corrected chi connectivity index (χ4v) is 4.03. The van der Waals surface area contributed by atoms with Crippen molar-refractivity contribution in [3.8, 4) is 0 Å². The number of hydrogen-bond donors (Lipinski definition) is 1. The standard InChI is InChI=1S/C20H30N4O4/c1-15(2)19(23-9-11-28-12-10-23)14-21-20(25)16-5-6-17(18(13-16)24(26)27)22-7-3-4-8-22/h5-6,13,15,19H,3-4,7-12,14H2,1-2H3,(H,21,25). The van der Waals surface area contributed by atoms with Gasteiger partial charge in [-0.2, -0.15) is 0 Å². The van der Waals surface area contributed by atoms with Gasteiger partial charge in [0.15, 0.2) is 0 Å².